The van der Waals surface area contributed by atoms with E-state index >= 15 is 0 Å². The molecule has 0 aliphatic carbocycles. The van der Waals surface area contributed by atoms with Gasteiger partial charge in [-0.25, -0.2) is 15.0 Å². The maximum atomic E-state index is 4.70. The van der Waals surface area contributed by atoms with E-state index in [2.05, 4.69) is 28.8 Å². The van der Waals surface area contributed by atoms with Gasteiger partial charge in [0.15, 0.2) is 11.6 Å². The minimum Gasteiger partial charge on any atom is -0.342 e. The molecule has 1 N–H and O–H groups in total. The van der Waals surface area contributed by atoms with Gasteiger partial charge in [-0.05, 0) is 30.7 Å². The van der Waals surface area contributed by atoms with Crippen molar-refractivity contribution in [2.75, 3.05) is 0 Å². The lowest BCUT2D eigenvalue weighted by Crippen LogP contribution is -2.03. The molecule has 0 aliphatic rings. The normalized spacial score (nSPS) is 10.5. The van der Waals surface area contributed by atoms with E-state index in [0.717, 1.165) is 34.1 Å². The predicted molar refractivity (Wildman–Crippen MR) is 97.1 cm³/mol. The zero-order chi connectivity index (χ0) is 16.9. The second-order valence-electron chi connectivity index (χ2n) is 5.55. The summed E-state index contributed by atoms with van der Waals surface area (Å²) in [4.78, 5) is 16.7. The molecular formula is C19H21N5. The Hall–Kier alpha value is -2.95. The molecule has 5 nitrogen and oxygen atoms in total. The SMILES string of the molecule is CCC.Cc1cccnc1-n1c(-c2ncc[nH]2)nc2ccccc21. The largest absolute Gasteiger partial charge is 0.342 e. The first kappa shape index (κ1) is 15.9. The molecule has 0 aliphatic heterocycles. The number of aromatic nitrogens is 5. The zero-order valence-corrected chi connectivity index (χ0v) is 14.2. The number of pyridine rings is 1. The third-order valence-corrected chi connectivity index (χ3v) is 3.46. The predicted octanol–water partition coefficient (Wildman–Crippen LogP) is 4.54. The number of para-hydroxylation sites is 2. The monoisotopic (exact) mass is 319 g/mol. The smallest absolute Gasteiger partial charge is 0.183 e. The molecule has 0 fully saturated rings. The van der Waals surface area contributed by atoms with Crippen LogP contribution in [0.5, 0.6) is 0 Å². The number of benzene rings is 1. The van der Waals surface area contributed by atoms with Crippen molar-refractivity contribution in [2.45, 2.75) is 27.2 Å². The van der Waals surface area contributed by atoms with Gasteiger partial charge >= 0.3 is 0 Å². The topological polar surface area (TPSA) is 59.4 Å². The molecular weight excluding hydrogens is 298 g/mol. The van der Waals surface area contributed by atoms with Crippen LogP contribution < -0.4 is 0 Å². The second kappa shape index (κ2) is 7.08. The molecule has 3 heterocycles. The maximum Gasteiger partial charge on any atom is 0.183 e. The third kappa shape index (κ3) is 2.93. The van der Waals surface area contributed by atoms with Crippen molar-refractivity contribution in [3.8, 4) is 17.5 Å². The standard InChI is InChI=1S/C16H13N5.C3H8/c1-11-5-4-8-19-15(11)21-13-7-3-2-6-12(13)20-16(21)14-17-9-10-18-14;1-3-2/h2-10H,1H3,(H,17,18);3H2,1-2H3. The van der Waals surface area contributed by atoms with Crippen molar-refractivity contribution in [2.24, 2.45) is 0 Å². The van der Waals surface area contributed by atoms with Crippen molar-refractivity contribution in [1.29, 1.82) is 0 Å². The van der Waals surface area contributed by atoms with Gasteiger partial charge in [-0.1, -0.05) is 38.5 Å². The summed E-state index contributed by atoms with van der Waals surface area (Å²) < 4.78 is 2.05. The Morgan fingerprint density at radius 1 is 1.00 bits per heavy atom. The number of hydrogen-bond donors (Lipinski definition) is 1. The minimum absolute atomic E-state index is 0.733. The molecule has 5 heteroatoms. The van der Waals surface area contributed by atoms with Crippen LogP contribution in [-0.2, 0) is 0 Å². The number of rotatable bonds is 2. The van der Waals surface area contributed by atoms with Crippen molar-refractivity contribution >= 4 is 11.0 Å². The van der Waals surface area contributed by atoms with Crippen LogP contribution >= 0.6 is 0 Å². The van der Waals surface area contributed by atoms with Gasteiger partial charge in [-0.3, -0.25) is 4.57 Å². The zero-order valence-electron chi connectivity index (χ0n) is 14.2. The van der Waals surface area contributed by atoms with Crippen LogP contribution in [0.1, 0.15) is 25.8 Å². The number of aromatic amines is 1. The van der Waals surface area contributed by atoms with Gasteiger partial charge in [-0.15, -0.1) is 0 Å². The van der Waals surface area contributed by atoms with Crippen LogP contribution in [0.4, 0.5) is 0 Å². The lowest BCUT2D eigenvalue weighted by Gasteiger charge is -2.09. The van der Waals surface area contributed by atoms with Gasteiger partial charge < -0.3 is 4.98 Å². The molecule has 122 valence electrons. The van der Waals surface area contributed by atoms with Crippen LogP contribution in [0.15, 0.2) is 55.0 Å². The van der Waals surface area contributed by atoms with E-state index in [1.165, 1.54) is 6.42 Å². The number of H-pyrrole nitrogens is 1. The fourth-order valence-corrected chi connectivity index (χ4v) is 2.50. The van der Waals surface area contributed by atoms with Gasteiger partial charge in [0.2, 0.25) is 0 Å². The van der Waals surface area contributed by atoms with E-state index in [4.69, 9.17) is 4.98 Å². The first-order valence-electron chi connectivity index (χ1n) is 8.15. The van der Waals surface area contributed by atoms with Crippen LogP contribution in [0.3, 0.4) is 0 Å². The van der Waals surface area contributed by atoms with E-state index in [9.17, 15) is 0 Å². The summed E-state index contributed by atoms with van der Waals surface area (Å²) in [5.74, 6) is 2.37. The fourth-order valence-electron chi connectivity index (χ4n) is 2.50. The average Bonchev–Trinajstić information content (AvgIpc) is 3.23. The van der Waals surface area contributed by atoms with Crippen molar-refractivity contribution in [1.82, 2.24) is 24.5 Å². The summed E-state index contributed by atoms with van der Waals surface area (Å²) in [7, 11) is 0. The number of imidazole rings is 2. The Labute approximate surface area is 141 Å². The lowest BCUT2D eigenvalue weighted by atomic mass is 10.2. The number of aryl methyl sites for hydroxylation is 1. The molecule has 0 spiro atoms. The quantitative estimate of drug-likeness (QED) is 0.590. The molecule has 1 aromatic carbocycles. The Balaban J connectivity index is 0.000000526. The first-order valence-corrected chi connectivity index (χ1v) is 8.15. The van der Waals surface area contributed by atoms with Gasteiger partial charge in [0.1, 0.15) is 5.82 Å². The van der Waals surface area contributed by atoms with Crippen molar-refractivity contribution in [3.63, 3.8) is 0 Å². The molecule has 3 aromatic heterocycles. The van der Waals surface area contributed by atoms with Crippen LogP contribution in [0, 0.1) is 6.92 Å². The van der Waals surface area contributed by atoms with Crippen molar-refractivity contribution < 1.29 is 0 Å². The Bertz CT molecular complexity index is 922. The van der Waals surface area contributed by atoms with Gasteiger partial charge in [-0.2, -0.15) is 0 Å². The van der Waals surface area contributed by atoms with E-state index in [0.29, 0.717) is 0 Å². The van der Waals surface area contributed by atoms with E-state index in [-0.39, 0.29) is 0 Å². The number of nitrogens with zero attached hydrogens (tertiary/aromatic N) is 4. The second-order valence-corrected chi connectivity index (χ2v) is 5.55. The number of nitrogens with one attached hydrogen (secondary N) is 1. The van der Waals surface area contributed by atoms with Gasteiger partial charge in [0, 0.05) is 18.6 Å². The summed E-state index contributed by atoms with van der Waals surface area (Å²) in [6.45, 7) is 6.29. The van der Waals surface area contributed by atoms with E-state index < -0.39 is 0 Å². The Kier molecular flexibility index (Phi) is 4.70. The van der Waals surface area contributed by atoms with Crippen molar-refractivity contribution in [3.05, 3.63) is 60.6 Å². The summed E-state index contributed by atoms with van der Waals surface area (Å²) in [6, 6.07) is 12.0. The number of hydrogen-bond acceptors (Lipinski definition) is 3. The highest BCUT2D eigenvalue weighted by Gasteiger charge is 2.17. The maximum absolute atomic E-state index is 4.70. The molecule has 0 saturated heterocycles. The highest BCUT2D eigenvalue weighted by Crippen LogP contribution is 2.26. The van der Waals surface area contributed by atoms with Crippen LogP contribution in [0.25, 0.3) is 28.5 Å². The molecule has 0 amide bonds. The molecule has 0 radical (unpaired) electrons. The third-order valence-electron chi connectivity index (χ3n) is 3.46. The number of fused-ring (bicyclic) bond motifs is 1. The first-order chi connectivity index (χ1) is 11.8. The lowest BCUT2D eigenvalue weighted by molar-refractivity contribution is 0.995. The molecule has 0 saturated carbocycles. The summed E-state index contributed by atoms with van der Waals surface area (Å²) in [5.41, 5.74) is 3.04. The van der Waals surface area contributed by atoms with E-state index in [1.54, 1.807) is 18.6 Å². The Morgan fingerprint density at radius 3 is 2.50 bits per heavy atom. The summed E-state index contributed by atoms with van der Waals surface area (Å²) >= 11 is 0. The molecule has 0 bridgehead atoms. The molecule has 0 unspecified atom stereocenters. The Morgan fingerprint density at radius 2 is 1.79 bits per heavy atom. The highest BCUT2D eigenvalue weighted by atomic mass is 15.2. The summed E-state index contributed by atoms with van der Waals surface area (Å²) in [5, 5.41) is 0. The molecule has 4 aromatic rings. The van der Waals surface area contributed by atoms with Crippen LogP contribution in [0.2, 0.25) is 0 Å². The molecule has 24 heavy (non-hydrogen) atoms. The fraction of sp³-hybridized carbons (Fsp3) is 0.211. The minimum atomic E-state index is 0.733. The molecule has 4 rings (SSSR count). The van der Waals surface area contributed by atoms with Crippen LogP contribution in [-0.4, -0.2) is 24.5 Å². The average molecular weight is 319 g/mol. The van der Waals surface area contributed by atoms with E-state index in [1.807, 2.05) is 47.9 Å². The van der Waals surface area contributed by atoms with Gasteiger partial charge in [0.25, 0.3) is 0 Å². The summed E-state index contributed by atoms with van der Waals surface area (Å²) in [6.07, 6.45) is 6.57. The molecule has 0 atom stereocenters. The van der Waals surface area contributed by atoms with Gasteiger partial charge in [0.05, 0.1) is 11.0 Å². The highest BCUT2D eigenvalue weighted by molar-refractivity contribution is 5.81.